The Kier molecular flexibility index (Phi) is 8.97. The van der Waals surface area contributed by atoms with Gasteiger partial charge in [0.2, 0.25) is 17.7 Å². The zero-order valence-corrected chi connectivity index (χ0v) is 11.7. The van der Waals surface area contributed by atoms with E-state index in [1.807, 2.05) is 0 Å². The second-order valence-corrected chi connectivity index (χ2v) is 3.96. The molecule has 0 aliphatic heterocycles. The quantitative estimate of drug-likeness (QED) is 0.327. The molecule has 20 heavy (non-hydrogen) atoms. The fourth-order valence-corrected chi connectivity index (χ4v) is 1.18. The molecule has 0 bridgehead atoms. The molecular formula is C12H21N3O5. The summed E-state index contributed by atoms with van der Waals surface area (Å²) in [6, 6.07) is -1.80. The number of rotatable bonds is 10. The minimum absolute atomic E-state index is 0.179. The molecule has 0 aromatic heterocycles. The van der Waals surface area contributed by atoms with Crippen LogP contribution < -0.4 is 16.4 Å². The number of ether oxygens (including phenoxy) is 2. The normalized spacial score (nSPS) is 13.1. The van der Waals surface area contributed by atoms with Gasteiger partial charge >= 0.3 is 0 Å². The van der Waals surface area contributed by atoms with Crippen LogP contribution in [0.25, 0.3) is 0 Å². The smallest absolute Gasteiger partial charge is 0.246 e. The SMILES string of the molecule is C=C[C@@H](NC(=O)[C@@H](C)NC(=O)COCCOC)C(N)=O. The minimum atomic E-state index is -0.972. The second-order valence-electron chi connectivity index (χ2n) is 3.96. The molecule has 0 aliphatic rings. The monoisotopic (exact) mass is 287 g/mol. The lowest BCUT2D eigenvalue weighted by Gasteiger charge is -2.17. The van der Waals surface area contributed by atoms with Gasteiger partial charge in [-0.3, -0.25) is 14.4 Å². The molecule has 0 aromatic rings. The average molecular weight is 287 g/mol. The summed E-state index contributed by atoms with van der Waals surface area (Å²) in [5.74, 6) is -1.72. The molecular weight excluding hydrogens is 266 g/mol. The number of nitrogens with two attached hydrogens (primary N) is 1. The maximum absolute atomic E-state index is 11.7. The van der Waals surface area contributed by atoms with E-state index in [9.17, 15) is 14.4 Å². The highest BCUT2D eigenvalue weighted by Gasteiger charge is 2.20. The third kappa shape index (κ3) is 7.49. The number of amides is 3. The van der Waals surface area contributed by atoms with Gasteiger partial charge in [-0.25, -0.2) is 0 Å². The highest BCUT2D eigenvalue weighted by atomic mass is 16.5. The molecule has 0 saturated heterocycles. The van der Waals surface area contributed by atoms with Gasteiger partial charge in [-0.15, -0.1) is 6.58 Å². The molecule has 0 aliphatic carbocycles. The first-order valence-electron chi connectivity index (χ1n) is 6.00. The topological polar surface area (TPSA) is 120 Å². The van der Waals surface area contributed by atoms with Crippen molar-refractivity contribution in [3.05, 3.63) is 12.7 Å². The molecule has 2 atom stereocenters. The van der Waals surface area contributed by atoms with Crippen molar-refractivity contribution < 1.29 is 23.9 Å². The van der Waals surface area contributed by atoms with Crippen LogP contribution >= 0.6 is 0 Å². The van der Waals surface area contributed by atoms with Gasteiger partial charge in [0.15, 0.2) is 0 Å². The Morgan fingerprint density at radius 3 is 2.45 bits per heavy atom. The summed E-state index contributed by atoms with van der Waals surface area (Å²) in [6.45, 7) is 5.34. The summed E-state index contributed by atoms with van der Waals surface area (Å²) in [4.78, 5) is 34.1. The summed E-state index contributed by atoms with van der Waals surface area (Å²) in [7, 11) is 1.52. The minimum Gasteiger partial charge on any atom is -0.382 e. The molecule has 0 saturated carbocycles. The lowest BCUT2D eigenvalue weighted by Crippen LogP contribution is -2.51. The Morgan fingerprint density at radius 2 is 1.95 bits per heavy atom. The van der Waals surface area contributed by atoms with E-state index in [4.69, 9.17) is 15.2 Å². The van der Waals surface area contributed by atoms with Gasteiger partial charge in [-0.05, 0) is 6.92 Å². The van der Waals surface area contributed by atoms with Gasteiger partial charge in [0.25, 0.3) is 0 Å². The summed E-state index contributed by atoms with van der Waals surface area (Å²) in [5, 5.41) is 4.76. The average Bonchev–Trinajstić information content (AvgIpc) is 2.40. The molecule has 4 N–H and O–H groups in total. The Balaban J connectivity index is 4.09. The fraction of sp³-hybridized carbons (Fsp3) is 0.583. The number of hydrogen-bond acceptors (Lipinski definition) is 5. The highest BCUT2D eigenvalue weighted by molar-refractivity contribution is 5.92. The van der Waals surface area contributed by atoms with E-state index >= 15 is 0 Å². The molecule has 0 aromatic carbocycles. The van der Waals surface area contributed by atoms with Gasteiger partial charge in [-0.1, -0.05) is 6.08 Å². The first-order valence-corrected chi connectivity index (χ1v) is 6.00. The first kappa shape index (κ1) is 18.1. The number of primary amides is 1. The number of nitrogens with one attached hydrogen (secondary N) is 2. The number of carbonyl (C=O) groups excluding carboxylic acids is 3. The van der Waals surface area contributed by atoms with Crippen LogP contribution in [0, 0.1) is 0 Å². The fourth-order valence-electron chi connectivity index (χ4n) is 1.18. The first-order chi connectivity index (χ1) is 9.42. The van der Waals surface area contributed by atoms with Crippen molar-refractivity contribution >= 4 is 17.7 Å². The molecule has 0 spiro atoms. The highest BCUT2D eigenvalue weighted by Crippen LogP contribution is 1.89. The van der Waals surface area contributed by atoms with Crippen molar-refractivity contribution in [2.24, 2.45) is 5.73 Å². The van der Waals surface area contributed by atoms with Crippen LogP contribution in [0.3, 0.4) is 0 Å². The molecule has 8 nitrogen and oxygen atoms in total. The van der Waals surface area contributed by atoms with Gasteiger partial charge in [0.05, 0.1) is 13.2 Å². The Hall–Kier alpha value is -1.93. The van der Waals surface area contributed by atoms with Crippen molar-refractivity contribution in [1.29, 1.82) is 0 Å². The van der Waals surface area contributed by atoms with E-state index in [2.05, 4.69) is 17.2 Å². The van der Waals surface area contributed by atoms with E-state index in [-0.39, 0.29) is 13.2 Å². The summed E-state index contributed by atoms with van der Waals surface area (Å²) in [6.07, 6.45) is 1.21. The maximum atomic E-state index is 11.7. The van der Waals surface area contributed by atoms with Crippen LogP contribution in [-0.2, 0) is 23.9 Å². The molecule has 0 rings (SSSR count). The Morgan fingerprint density at radius 1 is 1.30 bits per heavy atom. The second kappa shape index (κ2) is 9.93. The van der Waals surface area contributed by atoms with Crippen molar-refractivity contribution in [2.45, 2.75) is 19.0 Å². The maximum Gasteiger partial charge on any atom is 0.246 e. The van der Waals surface area contributed by atoms with E-state index in [0.29, 0.717) is 6.61 Å². The number of hydrogen-bond donors (Lipinski definition) is 3. The van der Waals surface area contributed by atoms with E-state index in [1.165, 1.54) is 20.1 Å². The van der Waals surface area contributed by atoms with E-state index in [0.717, 1.165) is 0 Å². The van der Waals surface area contributed by atoms with E-state index < -0.39 is 29.8 Å². The molecule has 3 amide bonds. The molecule has 114 valence electrons. The standard InChI is InChI=1S/C12H21N3O5/c1-4-9(11(13)17)15-12(18)8(2)14-10(16)7-20-6-5-19-3/h4,8-9H,1,5-7H2,2-3H3,(H2,13,17)(H,14,16)(H,15,18)/t8-,9-/m1/s1. The van der Waals surface area contributed by atoms with Gasteiger partial charge in [0, 0.05) is 7.11 Å². The Labute approximate surface area is 117 Å². The van der Waals surface area contributed by atoms with Crippen LogP contribution in [-0.4, -0.2) is 56.7 Å². The third-order valence-corrected chi connectivity index (χ3v) is 2.28. The van der Waals surface area contributed by atoms with Crippen LogP contribution in [0.2, 0.25) is 0 Å². The predicted molar refractivity (Wildman–Crippen MR) is 71.6 cm³/mol. The summed E-state index contributed by atoms with van der Waals surface area (Å²) >= 11 is 0. The van der Waals surface area contributed by atoms with Crippen molar-refractivity contribution in [3.63, 3.8) is 0 Å². The van der Waals surface area contributed by atoms with Gasteiger partial charge in [-0.2, -0.15) is 0 Å². The molecule has 0 heterocycles. The zero-order valence-electron chi connectivity index (χ0n) is 11.7. The van der Waals surface area contributed by atoms with E-state index in [1.54, 1.807) is 0 Å². The lowest BCUT2D eigenvalue weighted by molar-refractivity contribution is -0.132. The molecule has 0 radical (unpaired) electrons. The van der Waals surface area contributed by atoms with Crippen molar-refractivity contribution in [2.75, 3.05) is 26.9 Å². The summed E-state index contributed by atoms with van der Waals surface area (Å²) in [5.41, 5.74) is 5.05. The van der Waals surface area contributed by atoms with Crippen LogP contribution in [0.4, 0.5) is 0 Å². The van der Waals surface area contributed by atoms with Crippen LogP contribution in [0.1, 0.15) is 6.92 Å². The molecule has 0 unspecified atom stereocenters. The number of carbonyl (C=O) groups is 3. The zero-order chi connectivity index (χ0) is 15.5. The van der Waals surface area contributed by atoms with Crippen LogP contribution in [0.5, 0.6) is 0 Å². The Bertz CT molecular complexity index is 359. The van der Waals surface area contributed by atoms with Crippen LogP contribution in [0.15, 0.2) is 12.7 Å². The van der Waals surface area contributed by atoms with Crippen molar-refractivity contribution in [3.8, 4) is 0 Å². The summed E-state index contributed by atoms with van der Waals surface area (Å²) < 4.78 is 9.75. The number of methoxy groups -OCH3 is 1. The van der Waals surface area contributed by atoms with Crippen molar-refractivity contribution in [1.82, 2.24) is 10.6 Å². The van der Waals surface area contributed by atoms with Gasteiger partial charge < -0.3 is 25.8 Å². The molecule has 0 fully saturated rings. The largest absolute Gasteiger partial charge is 0.382 e. The predicted octanol–water partition coefficient (Wildman–Crippen LogP) is -1.69. The molecule has 8 heteroatoms. The lowest BCUT2D eigenvalue weighted by atomic mass is 10.2. The van der Waals surface area contributed by atoms with Gasteiger partial charge in [0.1, 0.15) is 18.7 Å². The third-order valence-electron chi connectivity index (χ3n) is 2.28.